The largest absolute Gasteiger partial charge is 0.256 e. The summed E-state index contributed by atoms with van der Waals surface area (Å²) < 4.78 is 103. The molecule has 0 heterocycles. The van der Waals surface area contributed by atoms with Crippen molar-refractivity contribution in [3.05, 3.63) is 84.9 Å². The SMILES string of the molecule is CN(S(=O)(=O)c1ccccc1)S(=O)(=O)c1cccc(S(=O)(=O)NS(=O)(=O)c2ccccc2)c1. The molecule has 0 saturated heterocycles. The zero-order valence-electron chi connectivity index (χ0n) is 16.9. The van der Waals surface area contributed by atoms with Crippen LogP contribution in [0.4, 0.5) is 0 Å². The van der Waals surface area contributed by atoms with E-state index in [4.69, 9.17) is 0 Å². The first-order valence-electron chi connectivity index (χ1n) is 9.01. The first-order chi connectivity index (χ1) is 15.3. The molecule has 0 atom stereocenters. The van der Waals surface area contributed by atoms with Gasteiger partial charge < -0.3 is 0 Å². The van der Waals surface area contributed by atoms with Crippen molar-refractivity contribution < 1.29 is 33.7 Å². The Morgan fingerprint density at radius 3 is 1.45 bits per heavy atom. The third kappa shape index (κ3) is 5.15. The van der Waals surface area contributed by atoms with Crippen LogP contribution in [0.3, 0.4) is 0 Å². The molecule has 0 radical (unpaired) electrons. The van der Waals surface area contributed by atoms with Gasteiger partial charge in [-0.1, -0.05) is 46.2 Å². The fraction of sp³-hybridized carbons (Fsp3) is 0.0526. The first-order valence-corrected chi connectivity index (χ1v) is 14.9. The maximum atomic E-state index is 13.0. The van der Waals surface area contributed by atoms with Gasteiger partial charge in [-0.15, -0.1) is 4.13 Å². The summed E-state index contributed by atoms with van der Waals surface area (Å²) >= 11 is 0. The van der Waals surface area contributed by atoms with Crippen LogP contribution in [0, 0.1) is 0 Å². The van der Waals surface area contributed by atoms with Crippen molar-refractivity contribution in [1.29, 1.82) is 0 Å². The zero-order valence-corrected chi connectivity index (χ0v) is 20.2. The zero-order chi connectivity index (χ0) is 24.5. The van der Waals surface area contributed by atoms with Gasteiger partial charge in [-0.3, -0.25) is 0 Å². The predicted molar refractivity (Wildman–Crippen MR) is 119 cm³/mol. The Hall–Kier alpha value is -2.62. The van der Waals surface area contributed by atoms with Crippen LogP contribution in [0.25, 0.3) is 0 Å². The lowest BCUT2D eigenvalue weighted by molar-refractivity contribution is 0.525. The lowest BCUT2D eigenvalue weighted by atomic mass is 10.4. The van der Waals surface area contributed by atoms with E-state index >= 15 is 0 Å². The molecule has 1 N–H and O–H groups in total. The van der Waals surface area contributed by atoms with Crippen molar-refractivity contribution in [1.82, 2.24) is 7.84 Å². The van der Waals surface area contributed by atoms with E-state index < -0.39 is 49.9 Å². The molecule has 10 nitrogen and oxygen atoms in total. The average Bonchev–Trinajstić information content (AvgIpc) is 2.79. The number of rotatable bonds is 8. The van der Waals surface area contributed by atoms with Crippen LogP contribution in [0.1, 0.15) is 0 Å². The van der Waals surface area contributed by atoms with Gasteiger partial charge >= 0.3 is 0 Å². The molecule has 14 heteroatoms. The molecule has 0 unspecified atom stereocenters. The number of sulfonamides is 4. The molecule has 3 aromatic carbocycles. The average molecular weight is 531 g/mol. The van der Waals surface area contributed by atoms with Crippen LogP contribution in [0.2, 0.25) is 0 Å². The van der Waals surface area contributed by atoms with Crippen LogP contribution in [-0.2, 0) is 40.1 Å². The summed E-state index contributed by atoms with van der Waals surface area (Å²) in [6.45, 7) is 0. The van der Waals surface area contributed by atoms with Gasteiger partial charge in [0, 0.05) is 7.05 Å². The quantitative estimate of drug-likeness (QED) is 0.458. The van der Waals surface area contributed by atoms with Crippen LogP contribution in [-0.4, -0.2) is 44.4 Å². The van der Waals surface area contributed by atoms with E-state index in [0.29, 0.717) is 6.07 Å². The Bertz CT molecular complexity index is 1590. The highest BCUT2D eigenvalue weighted by atomic mass is 32.3. The van der Waals surface area contributed by atoms with E-state index in [1.165, 1.54) is 48.5 Å². The molecular weight excluding hydrogens is 512 g/mol. The summed E-state index contributed by atoms with van der Waals surface area (Å²) in [4.78, 5) is -1.94. The van der Waals surface area contributed by atoms with E-state index in [-0.39, 0.29) is 13.5 Å². The molecule has 176 valence electrons. The molecule has 33 heavy (non-hydrogen) atoms. The molecule has 0 fully saturated rings. The van der Waals surface area contributed by atoms with Crippen LogP contribution in [0.5, 0.6) is 0 Å². The van der Waals surface area contributed by atoms with Crippen molar-refractivity contribution in [2.45, 2.75) is 19.6 Å². The maximum absolute atomic E-state index is 13.0. The van der Waals surface area contributed by atoms with Gasteiger partial charge in [0.2, 0.25) is 0 Å². The Morgan fingerprint density at radius 1 is 0.515 bits per heavy atom. The third-order valence-corrected chi connectivity index (χ3v) is 12.2. The summed E-state index contributed by atoms with van der Waals surface area (Å²) in [5.74, 6) is 0. The van der Waals surface area contributed by atoms with Gasteiger partial charge in [0.25, 0.3) is 40.1 Å². The van der Waals surface area contributed by atoms with E-state index in [0.717, 1.165) is 25.2 Å². The molecule has 3 aromatic rings. The fourth-order valence-corrected chi connectivity index (χ4v) is 8.89. The number of nitrogens with one attached hydrogen (secondary N) is 1. The van der Waals surface area contributed by atoms with E-state index in [9.17, 15) is 33.7 Å². The number of nitrogens with zero attached hydrogens (tertiary/aromatic N) is 1. The minimum absolute atomic E-state index is 0.120. The monoisotopic (exact) mass is 530 g/mol. The van der Waals surface area contributed by atoms with Gasteiger partial charge in [-0.25, -0.2) is 33.7 Å². The second-order valence-corrected chi connectivity index (χ2v) is 14.4. The topological polar surface area (TPSA) is 152 Å². The highest BCUT2D eigenvalue weighted by Gasteiger charge is 2.34. The standard InChI is InChI=1S/C19H18N2O8S4/c1-21(32(26,27)17-11-6-3-7-12-17)33(28,29)19-14-8-13-18(15-19)31(24,25)20-30(22,23)16-9-4-2-5-10-16/h2-15,20H,1H3. The van der Waals surface area contributed by atoms with Crippen molar-refractivity contribution in [2.24, 2.45) is 0 Å². The smallest absolute Gasteiger partial charge is 0.206 e. The summed E-state index contributed by atoms with van der Waals surface area (Å²) in [5.41, 5.74) is 0. The molecule has 0 aliphatic carbocycles. The lowest BCUT2D eigenvalue weighted by Gasteiger charge is -2.18. The van der Waals surface area contributed by atoms with Crippen LogP contribution >= 0.6 is 0 Å². The van der Waals surface area contributed by atoms with Gasteiger partial charge in [0.05, 0.1) is 19.6 Å². The highest BCUT2D eigenvalue weighted by Crippen LogP contribution is 2.24. The Balaban J connectivity index is 1.99. The van der Waals surface area contributed by atoms with E-state index in [1.54, 1.807) is 16.3 Å². The van der Waals surface area contributed by atoms with E-state index in [2.05, 4.69) is 0 Å². The number of benzene rings is 3. The van der Waals surface area contributed by atoms with Crippen LogP contribution in [0.15, 0.2) is 105 Å². The maximum Gasteiger partial charge on any atom is 0.256 e. The molecule has 3 rings (SSSR count). The van der Waals surface area contributed by atoms with Crippen LogP contribution < -0.4 is 4.13 Å². The van der Waals surface area contributed by atoms with Crippen molar-refractivity contribution >= 4 is 40.1 Å². The first kappa shape index (κ1) is 25.0. The minimum atomic E-state index is -4.73. The van der Waals surface area contributed by atoms with Gasteiger partial charge in [0.15, 0.2) is 0 Å². The number of hydrogen-bond acceptors (Lipinski definition) is 8. The fourth-order valence-electron chi connectivity index (χ4n) is 2.66. The van der Waals surface area contributed by atoms with Crippen molar-refractivity contribution in [2.75, 3.05) is 7.05 Å². The molecule has 0 aromatic heterocycles. The molecular formula is C19H18N2O8S4. The summed E-state index contributed by atoms with van der Waals surface area (Å²) in [6.07, 6.45) is 0. The Labute approximate surface area is 192 Å². The molecule has 0 saturated carbocycles. The van der Waals surface area contributed by atoms with Gasteiger partial charge in [0.1, 0.15) is 0 Å². The van der Waals surface area contributed by atoms with Crippen molar-refractivity contribution in [3.8, 4) is 0 Å². The third-order valence-electron chi connectivity index (χ3n) is 4.40. The highest BCUT2D eigenvalue weighted by molar-refractivity contribution is 8.05. The molecule has 0 bridgehead atoms. The second kappa shape index (κ2) is 8.96. The predicted octanol–water partition coefficient (Wildman–Crippen LogP) is 1.36. The van der Waals surface area contributed by atoms with Gasteiger partial charge in [-0.05, 0) is 42.5 Å². The van der Waals surface area contributed by atoms with Gasteiger partial charge in [-0.2, -0.15) is 0 Å². The Morgan fingerprint density at radius 2 is 0.909 bits per heavy atom. The van der Waals surface area contributed by atoms with E-state index in [1.807, 2.05) is 0 Å². The summed E-state index contributed by atoms with van der Waals surface area (Å²) in [5, 5.41) is 0. The molecule has 0 aliphatic heterocycles. The molecule has 0 spiro atoms. The Kier molecular flexibility index (Phi) is 6.79. The second-order valence-electron chi connectivity index (χ2n) is 6.58. The normalized spacial score (nSPS) is 13.2. The summed E-state index contributed by atoms with van der Waals surface area (Å²) in [7, 11) is -17.6. The lowest BCUT2D eigenvalue weighted by Crippen LogP contribution is -2.34. The molecule has 0 aliphatic rings. The minimum Gasteiger partial charge on any atom is -0.206 e. The number of hydrogen-bond donors (Lipinski definition) is 1. The van der Waals surface area contributed by atoms with Crippen molar-refractivity contribution in [3.63, 3.8) is 0 Å². The summed E-state index contributed by atoms with van der Waals surface area (Å²) in [6, 6.07) is 17.2. The molecule has 0 amide bonds.